The minimum absolute atomic E-state index is 0.285. The Labute approximate surface area is 52.6 Å². The molecule has 0 unspecified atom stereocenters. The van der Waals surface area contributed by atoms with Crippen molar-refractivity contribution in [1.82, 2.24) is 0 Å². The van der Waals surface area contributed by atoms with Gasteiger partial charge in [-0.3, -0.25) is 10.1 Å². The van der Waals surface area contributed by atoms with Crippen molar-refractivity contribution >= 4 is 0 Å². The van der Waals surface area contributed by atoms with E-state index in [2.05, 4.69) is 0 Å². The van der Waals surface area contributed by atoms with Crippen LogP contribution in [0.2, 0.25) is 0 Å². The van der Waals surface area contributed by atoms with Gasteiger partial charge in [0.15, 0.2) is 0 Å². The van der Waals surface area contributed by atoms with Crippen LogP contribution in [0.15, 0.2) is 0 Å². The molecular weight excluding hydrogens is 122 g/mol. The van der Waals surface area contributed by atoms with Gasteiger partial charge in [-0.1, -0.05) is 0 Å². The van der Waals surface area contributed by atoms with Gasteiger partial charge in [-0.25, -0.2) is 0 Å². The summed E-state index contributed by atoms with van der Waals surface area (Å²) < 4.78 is 0. The van der Waals surface area contributed by atoms with Crippen LogP contribution < -0.4 is 0 Å². The molecule has 1 aliphatic carbocycles. The lowest BCUT2D eigenvalue weighted by Gasteiger charge is -2.32. The Bertz CT molecular complexity index is 130. The lowest BCUT2D eigenvalue weighted by atomic mass is 9.80. The molecule has 4 nitrogen and oxygen atoms in total. The number of hydrogen-bond acceptors (Lipinski definition) is 3. The highest BCUT2D eigenvalue weighted by atomic mass is 16.6. The van der Waals surface area contributed by atoms with Gasteiger partial charge in [-0.15, -0.1) is 0 Å². The number of aliphatic hydroxyl groups is 1. The fourth-order valence-corrected chi connectivity index (χ4v) is 0.983. The Kier molecular flexibility index (Phi) is 1.40. The maximum Gasteiger partial charge on any atom is 0.232 e. The summed E-state index contributed by atoms with van der Waals surface area (Å²) >= 11 is 0. The SMILES string of the molecule is O=[N+]([O-])CC1(O)CCC1. The highest BCUT2D eigenvalue weighted by molar-refractivity contribution is 4.86. The van der Waals surface area contributed by atoms with Gasteiger partial charge >= 0.3 is 0 Å². The third kappa shape index (κ3) is 1.38. The molecule has 0 aromatic rings. The van der Waals surface area contributed by atoms with Crippen molar-refractivity contribution in [2.75, 3.05) is 6.54 Å². The molecule has 4 heteroatoms. The summed E-state index contributed by atoms with van der Waals surface area (Å²) in [6.07, 6.45) is 2.10. The second kappa shape index (κ2) is 1.95. The Morgan fingerprint density at radius 3 is 2.33 bits per heavy atom. The van der Waals surface area contributed by atoms with E-state index in [1.54, 1.807) is 0 Å². The minimum Gasteiger partial charge on any atom is -0.383 e. The Morgan fingerprint density at radius 1 is 1.67 bits per heavy atom. The Morgan fingerprint density at radius 2 is 2.22 bits per heavy atom. The van der Waals surface area contributed by atoms with Crippen LogP contribution in [-0.2, 0) is 0 Å². The van der Waals surface area contributed by atoms with Crippen molar-refractivity contribution in [2.45, 2.75) is 24.9 Å². The molecule has 0 atom stereocenters. The minimum atomic E-state index is -0.955. The van der Waals surface area contributed by atoms with Crippen molar-refractivity contribution in [1.29, 1.82) is 0 Å². The number of rotatable bonds is 2. The van der Waals surface area contributed by atoms with E-state index in [-0.39, 0.29) is 6.54 Å². The smallest absolute Gasteiger partial charge is 0.232 e. The summed E-state index contributed by atoms with van der Waals surface area (Å²) in [5.74, 6) is 0. The van der Waals surface area contributed by atoms with E-state index >= 15 is 0 Å². The molecule has 0 heterocycles. The van der Waals surface area contributed by atoms with Gasteiger partial charge in [0.2, 0.25) is 6.54 Å². The topological polar surface area (TPSA) is 63.4 Å². The van der Waals surface area contributed by atoms with E-state index in [4.69, 9.17) is 5.11 Å². The van der Waals surface area contributed by atoms with E-state index in [1.807, 2.05) is 0 Å². The number of hydrogen-bond donors (Lipinski definition) is 1. The van der Waals surface area contributed by atoms with Crippen molar-refractivity contribution < 1.29 is 10.0 Å². The van der Waals surface area contributed by atoms with Crippen LogP contribution in [0.3, 0.4) is 0 Å². The maximum atomic E-state index is 9.85. The third-order valence-electron chi connectivity index (χ3n) is 1.71. The Balaban J connectivity index is 2.33. The van der Waals surface area contributed by atoms with Gasteiger partial charge in [-0.05, 0) is 19.3 Å². The second-order valence-electron chi connectivity index (χ2n) is 2.57. The molecule has 52 valence electrons. The Hall–Kier alpha value is -0.640. The highest BCUT2D eigenvalue weighted by Gasteiger charge is 2.39. The summed E-state index contributed by atoms with van der Waals surface area (Å²) in [6, 6.07) is 0. The van der Waals surface area contributed by atoms with E-state index in [0.29, 0.717) is 12.8 Å². The fourth-order valence-electron chi connectivity index (χ4n) is 0.983. The van der Waals surface area contributed by atoms with E-state index < -0.39 is 10.5 Å². The van der Waals surface area contributed by atoms with Gasteiger partial charge in [0, 0.05) is 4.92 Å². The molecule has 1 fully saturated rings. The molecule has 0 aromatic carbocycles. The first-order valence-corrected chi connectivity index (χ1v) is 2.97. The zero-order valence-electron chi connectivity index (χ0n) is 5.04. The van der Waals surface area contributed by atoms with Crippen molar-refractivity contribution in [3.63, 3.8) is 0 Å². The predicted molar refractivity (Wildman–Crippen MR) is 30.7 cm³/mol. The summed E-state index contributed by atoms with van der Waals surface area (Å²) in [7, 11) is 0. The molecule has 1 saturated carbocycles. The maximum absolute atomic E-state index is 9.85. The molecule has 1 aliphatic rings. The largest absolute Gasteiger partial charge is 0.383 e. The predicted octanol–water partition coefficient (Wildman–Crippen LogP) is 0.178. The molecule has 0 amide bonds. The summed E-state index contributed by atoms with van der Waals surface area (Å²) in [5, 5.41) is 19.0. The van der Waals surface area contributed by atoms with Crippen LogP contribution in [-0.4, -0.2) is 22.2 Å². The average molecular weight is 131 g/mol. The van der Waals surface area contributed by atoms with E-state index in [9.17, 15) is 10.1 Å². The van der Waals surface area contributed by atoms with Crippen LogP contribution in [0, 0.1) is 10.1 Å². The first-order chi connectivity index (χ1) is 4.12. The quantitative estimate of drug-likeness (QED) is 0.429. The monoisotopic (exact) mass is 131 g/mol. The molecule has 9 heavy (non-hydrogen) atoms. The molecule has 0 aliphatic heterocycles. The summed E-state index contributed by atoms with van der Waals surface area (Å²) in [4.78, 5) is 9.39. The number of nitrogens with zero attached hydrogens (tertiary/aromatic N) is 1. The standard InChI is InChI=1S/C5H9NO3/c7-5(2-1-3-5)4-6(8)9/h7H,1-4H2. The normalized spacial score (nSPS) is 22.8. The molecule has 0 bridgehead atoms. The van der Waals surface area contributed by atoms with Crippen LogP contribution >= 0.6 is 0 Å². The average Bonchev–Trinajstić information content (AvgIpc) is 1.60. The van der Waals surface area contributed by atoms with E-state index in [0.717, 1.165) is 6.42 Å². The zero-order chi connectivity index (χ0) is 6.91. The molecule has 0 saturated heterocycles. The van der Waals surface area contributed by atoms with Gasteiger partial charge in [0.1, 0.15) is 5.60 Å². The van der Waals surface area contributed by atoms with Crippen molar-refractivity contribution in [3.05, 3.63) is 10.1 Å². The zero-order valence-corrected chi connectivity index (χ0v) is 5.04. The van der Waals surface area contributed by atoms with Crippen LogP contribution in [0.25, 0.3) is 0 Å². The van der Waals surface area contributed by atoms with Crippen molar-refractivity contribution in [3.8, 4) is 0 Å². The molecule has 0 aromatic heterocycles. The fraction of sp³-hybridized carbons (Fsp3) is 1.00. The van der Waals surface area contributed by atoms with E-state index in [1.165, 1.54) is 0 Å². The molecular formula is C5H9NO3. The lowest BCUT2D eigenvalue weighted by Crippen LogP contribution is -2.43. The van der Waals surface area contributed by atoms with Gasteiger partial charge in [-0.2, -0.15) is 0 Å². The lowest BCUT2D eigenvalue weighted by molar-refractivity contribution is -0.505. The van der Waals surface area contributed by atoms with Crippen molar-refractivity contribution in [2.24, 2.45) is 0 Å². The first kappa shape index (κ1) is 6.48. The molecule has 0 radical (unpaired) electrons. The van der Waals surface area contributed by atoms with Gasteiger partial charge < -0.3 is 5.11 Å². The summed E-state index contributed by atoms with van der Waals surface area (Å²) in [6.45, 7) is -0.285. The summed E-state index contributed by atoms with van der Waals surface area (Å²) in [5.41, 5.74) is -0.955. The molecule has 1 rings (SSSR count). The second-order valence-corrected chi connectivity index (χ2v) is 2.57. The third-order valence-corrected chi connectivity index (χ3v) is 1.71. The molecule has 1 N–H and O–H groups in total. The van der Waals surface area contributed by atoms with Gasteiger partial charge in [0.25, 0.3) is 0 Å². The molecule has 0 spiro atoms. The first-order valence-electron chi connectivity index (χ1n) is 2.97. The number of nitro groups is 1. The van der Waals surface area contributed by atoms with Crippen LogP contribution in [0.4, 0.5) is 0 Å². The van der Waals surface area contributed by atoms with Crippen LogP contribution in [0.1, 0.15) is 19.3 Å². The highest BCUT2D eigenvalue weighted by Crippen LogP contribution is 2.31. The van der Waals surface area contributed by atoms with Crippen LogP contribution in [0.5, 0.6) is 0 Å². The van der Waals surface area contributed by atoms with Gasteiger partial charge in [0.05, 0.1) is 0 Å².